The van der Waals surface area contributed by atoms with Gasteiger partial charge in [0.15, 0.2) is 0 Å². The summed E-state index contributed by atoms with van der Waals surface area (Å²) in [6.07, 6.45) is 2.97. The van der Waals surface area contributed by atoms with Crippen LogP contribution >= 0.6 is 11.6 Å². The Morgan fingerprint density at radius 3 is 2.90 bits per heavy atom. The average molecular weight is 299 g/mol. The third-order valence-corrected chi connectivity index (χ3v) is 3.51. The molecule has 1 aromatic rings. The van der Waals surface area contributed by atoms with Crippen LogP contribution in [0.1, 0.15) is 23.2 Å². The van der Waals surface area contributed by atoms with Crippen LogP contribution in [0.4, 0.5) is 5.69 Å². The number of carbonyl (C=O) groups excluding carboxylic acids is 1. The van der Waals surface area contributed by atoms with E-state index in [-0.39, 0.29) is 16.4 Å². The summed E-state index contributed by atoms with van der Waals surface area (Å²) in [6, 6.07) is 1.22. The number of pyridine rings is 1. The minimum atomic E-state index is -0.636. The number of nitrogens with one attached hydrogen (secondary N) is 2. The number of amides is 1. The molecule has 1 aliphatic rings. The third kappa shape index (κ3) is 3.64. The van der Waals surface area contributed by atoms with E-state index in [1.165, 1.54) is 6.07 Å². The zero-order valence-corrected chi connectivity index (χ0v) is 11.5. The number of hydrogen-bond acceptors (Lipinski definition) is 5. The predicted molar refractivity (Wildman–Crippen MR) is 73.8 cm³/mol. The molecule has 108 valence electrons. The first-order chi connectivity index (χ1) is 9.58. The Labute approximate surface area is 120 Å². The van der Waals surface area contributed by atoms with Gasteiger partial charge in [0.1, 0.15) is 16.9 Å². The van der Waals surface area contributed by atoms with E-state index >= 15 is 0 Å². The lowest BCUT2D eigenvalue weighted by Crippen LogP contribution is -2.36. The maximum absolute atomic E-state index is 12.0. The predicted octanol–water partition coefficient (Wildman–Crippen LogP) is 1.37. The zero-order valence-electron chi connectivity index (χ0n) is 10.8. The van der Waals surface area contributed by atoms with Crippen LogP contribution in [0.5, 0.6) is 0 Å². The second-order valence-electron chi connectivity index (χ2n) is 4.68. The minimum Gasteiger partial charge on any atom is -0.352 e. The van der Waals surface area contributed by atoms with Crippen molar-refractivity contribution in [1.29, 1.82) is 0 Å². The van der Waals surface area contributed by atoms with Gasteiger partial charge in [-0.2, -0.15) is 0 Å². The van der Waals surface area contributed by atoms with E-state index in [0.29, 0.717) is 12.5 Å². The molecule has 1 fully saturated rings. The largest absolute Gasteiger partial charge is 0.352 e. The molecule has 0 aromatic carbocycles. The van der Waals surface area contributed by atoms with Gasteiger partial charge in [-0.05, 0) is 37.9 Å². The first-order valence-electron chi connectivity index (χ1n) is 6.37. The molecule has 1 saturated heterocycles. The molecule has 1 aliphatic heterocycles. The van der Waals surface area contributed by atoms with E-state index in [0.717, 1.165) is 32.1 Å². The summed E-state index contributed by atoms with van der Waals surface area (Å²) < 4.78 is 0. The summed E-state index contributed by atoms with van der Waals surface area (Å²) in [5, 5.41) is 16.9. The standard InChI is InChI=1S/C12H15ClN4O3/c13-11-5-9(10(7-15-11)17(19)20)12(18)16-6-8-1-3-14-4-2-8/h5,7-8,14H,1-4,6H2,(H,16,18). The Kier molecular flexibility index (Phi) is 4.86. The molecule has 0 unspecified atom stereocenters. The number of aromatic nitrogens is 1. The van der Waals surface area contributed by atoms with Crippen LogP contribution in [-0.2, 0) is 0 Å². The van der Waals surface area contributed by atoms with Gasteiger partial charge in [-0.3, -0.25) is 14.9 Å². The fraction of sp³-hybridized carbons (Fsp3) is 0.500. The summed E-state index contributed by atoms with van der Waals surface area (Å²) in [5.41, 5.74) is -0.388. The van der Waals surface area contributed by atoms with Crippen molar-refractivity contribution in [3.63, 3.8) is 0 Å². The van der Waals surface area contributed by atoms with Crippen molar-refractivity contribution < 1.29 is 9.72 Å². The Morgan fingerprint density at radius 1 is 1.55 bits per heavy atom. The second kappa shape index (κ2) is 6.62. The van der Waals surface area contributed by atoms with Crippen LogP contribution in [-0.4, -0.2) is 35.4 Å². The van der Waals surface area contributed by atoms with Crippen molar-refractivity contribution in [2.45, 2.75) is 12.8 Å². The number of piperidine rings is 1. The molecule has 0 saturated carbocycles. The molecule has 1 aromatic heterocycles. The first kappa shape index (κ1) is 14.7. The average Bonchev–Trinajstić information content (AvgIpc) is 2.45. The molecule has 0 bridgehead atoms. The first-order valence-corrected chi connectivity index (χ1v) is 6.74. The topological polar surface area (TPSA) is 97.2 Å². The number of hydrogen-bond donors (Lipinski definition) is 2. The SMILES string of the molecule is O=C(NCC1CCNCC1)c1cc(Cl)ncc1[N+](=O)[O-]. The Balaban J connectivity index is 2.04. The summed E-state index contributed by atoms with van der Waals surface area (Å²) in [6.45, 7) is 2.38. The molecule has 0 radical (unpaired) electrons. The van der Waals surface area contributed by atoms with Gasteiger partial charge in [0.25, 0.3) is 11.6 Å². The van der Waals surface area contributed by atoms with Gasteiger partial charge >= 0.3 is 0 Å². The molecule has 2 heterocycles. The molecule has 0 aliphatic carbocycles. The fourth-order valence-electron chi connectivity index (χ4n) is 2.17. The van der Waals surface area contributed by atoms with Crippen LogP contribution in [0.2, 0.25) is 5.15 Å². The smallest absolute Gasteiger partial charge is 0.300 e. The lowest BCUT2D eigenvalue weighted by Gasteiger charge is -2.22. The maximum atomic E-state index is 12.0. The van der Waals surface area contributed by atoms with Crippen LogP contribution in [0, 0.1) is 16.0 Å². The van der Waals surface area contributed by atoms with E-state index in [4.69, 9.17) is 11.6 Å². The highest BCUT2D eigenvalue weighted by molar-refractivity contribution is 6.29. The highest BCUT2D eigenvalue weighted by Crippen LogP contribution is 2.20. The Hall–Kier alpha value is -1.73. The van der Waals surface area contributed by atoms with Crippen molar-refractivity contribution in [2.24, 2.45) is 5.92 Å². The number of nitro groups is 1. The normalized spacial score (nSPS) is 15.8. The molecule has 2 N–H and O–H groups in total. The van der Waals surface area contributed by atoms with E-state index in [2.05, 4.69) is 15.6 Å². The van der Waals surface area contributed by atoms with Crippen LogP contribution in [0.25, 0.3) is 0 Å². The maximum Gasteiger partial charge on any atom is 0.300 e. The summed E-state index contributed by atoms with van der Waals surface area (Å²) in [5.74, 6) is -0.0869. The monoisotopic (exact) mass is 298 g/mol. The van der Waals surface area contributed by atoms with Gasteiger partial charge in [-0.1, -0.05) is 11.6 Å². The van der Waals surface area contributed by atoms with E-state index < -0.39 is 10.8 Å². The molecule has 8 heteroatoms. The zero-order chi connectivity index (χ0) is 14.5. The molecule has 2 rings (SSSR count). The summed E-state index contributed by atoms with van der Waals surface area (Å²) in [4.78, 5) is 25.9. The second-order valence-corrected chi connectivity index (χ2v) is 5.07. The molecule has 20 heavy (non-hydrogen) atoms. The minimum absolute atomic E-state index is 0.0519. The van der Waals surface area contributed by atoms with Crippen LogP contribution in [0.3, 0.4) is 0 Å². The molecular formula is C12H15ClN4O3. The van der Waals surface area contributed by atoms with Gasteiger partial charge in [0.2, 0.25) is 0 Å². The summed E-state index contributed by atoms with van der Waals surface area (Å²) in [7, 11) is 0. The number of halogens is 1. The highest BCUT2D eigenvalue weighted by atomic mass is 35.5. The third-order valence-electron chi connectivity index (χ3n) is 3.30. The van der Waals surface area contributed by atoms with Crippen molar-refractivity contribution in [2.75, 3.05) is 19.6 Å². The van der Waals surface area contributed by atoms with Crippen LogP contribution < -0.4 is 10.6 Å². The van der Waals surface area contributed by atoms with E-state index in [9.17, 15) is 14.9 Å². The van der Waals surface area contributed by atoms with Crippen molar-refractivity contribution in [3.8, 4) is 0 Å². The quantitative estimate of drug-likeness (QED) is 0.497. The molecule has 0 spiro atoms. The van der Waals surface area contributed by atoms with Gasteiger partial charge in [0, 0.05) is 6.54 Å². The van der Waals surface area contributed by atoms with E-state index in [1.54, 1.807) is 0 Å². The van der Waals surface area contributed by atoms with Crippen molar-refractivity contribution in [3.05, 3.63) is 33.1 Å². The highest BCUT2D eigenvalue weighted by Gasteiger charge is 2.22. The number of rotatable bonds is 4. The van der Waals surface area contributed by atoms with Crippen LogP contribution in [0.15, 0.2) is 12.3 Å². The Morgan fingerprint density at radius 2 is 2.25 bits per heavy atom. The number of carbonyl (C=O) groups is 1. The molecule has 7 nitrogen and oxygen atoms in total. The van der Waals surface area contributed by atoms with Gasteiger partial charge in [-0.25, -0.2) is 4.98 Å². The number of nitrogens with zero attached hydrogens (tertiary/aromatic N) is 2. The van der Waals surface area contributed by atoms with Gasteiger partial charge < -0.3 is 10.6 Å². The molecular weight excluding hydrogens is 284 g/mol. The van der Waals surface area contributed by atoms with Crippen molar-refractivity contribution in [1.82, 2.24) is 15.6 Å². The fourth-order valence-corrected chi connectivity index (χ4v) is 2.33. The molecule has 1 amide bonds. The van der Waals surface area contributed by atoms with E-state index in [1.807, 2.05) is 0 Å². The van der Waals surface area contributed by atoms with Gasteiger partial charge in [-0.15, -0.1) is 0 Å². The lowest BCUT2D eigenvalue weighted by atomic mass is 9.98. The lowest BCUT2D eigenvalue weighted by molar-refractivity contribution is -0.385. The van der Waals surface area contributed by atoms with Crippen molar-refractivity contribution >= 4 is 23.2 Å². The molecule has 0 atom stereocenters. The van der Waals surface area contributed by atoms with Gasteiger partial charge in [0.05, 0.1) is 4.92 Å². The summed E-state index contributed by atoms with van der Waals surface area (Å²) >= 11 is 5.69. The Bertz CT molecular complexity index is 517.